The summed E-state index contributed by atoms with van der Waals surface area (Å²) in [5.74, 6) is -0.0165. The Morgan fingerprint density at radius 3 is 2.31 bits per heavy atom. The molecule has 0 unspecified atom stereocenters. The molecule has 1 saturated heterocycles. The van der Waals surface area contributed by atoms with Crippen LogP contribution < -0.4 is 10.6 Å². The van der Waals surface area contributed by atoms with E-state index in [1.807, 2.05) is 37.3 Å². The van der Waals surface area contributed by atoms with Crippen molar-refractivity contribution in [2.45, 2.75) is 19.5 Å². The van der Waals surface area contributed by atoms with Gasteiger partial charge in [0, 0.05) is 43.4 Å². The Kier molecular flexibility index (Phi) is 7.63. The van der Waals surface area contributed by atoms with E-state index < -0.39 is 0 Å². The highest BCUT2D eigenvalue weighted by Crippen LogP contribution is 2.15. The number of carbonyl (C=O) groups excluding carboxylic acids is 2. The smallest absolute Gasteiger partial charge is 0.241 e. The minimum absolute atomic E-state index is 0.0239. The van der Waals surface area contributed by atoms with E-state index >= 15 is 0 Å². The molecule has 2 N–H and O–H groups in total. The number of hydrogen-bond donors (Lipinski definition) is 2. The molecule has 0 aromatic heterocycles. The molecule has 1 heterocycles. The summed E-state index contributed by atoms with van der Waals surface area (Å²) in [6, 6.07) is 16.7. The minimum atomic E-state index is -0.236. The molecule has 154 valence electrons. The quantitative estimate of drug-likeness (QED) is 0.731. The Morgan fingerprint density at radius 1 is 1.00 bits per heavy atom. The summed E-state index contributed by atoms with van der Waals surface area (Å²) >= 11 is 5.88. The number of rotatable bonds is 7. The molecule has 0 aliphatic carbocycles. The first-order chi connectivity index (χ1) is 14.0. The van der Waals surface area contributed by atoms with E-state index in [2.05, 4.69) is 20.4 Å². The number of nitrogens with one attached hydrogen (secondary N) is 2. The van der Waals surface area contributed by atoms with Crippen molar-refractivity contribution in [1.29, 1.82) is 0 Å². The van der Waals surface area contributed by atoms with E-state index in [9.17, 15) is 9.59 Å². The number of nitrogens with zero attached hydrogens (tertiary/aromatic N) is 2. The van der Waals surface area contributed by atoms with E-state index in [0.717, 1.165) is 37.4 Å². The number of anilines is 1. The molecule has 1 atom stereocenters. The molecule has 7 heteroatoms. The third-order valence-electron chi connectivity index (χ3n) is 5.15. The van der Waals surface area contributed by atoms with Gasteiger partial charge >= 0.3 is 0 Å². The second-order valence-corrected chi connectivity index (χ2v) is 7.68. The number of benzene rings is 2. The van der Waals surface area contributed by atoms with Crippen LogP contribution in [0.2, 0.25) is 5.02 Å². The molecule has 0 spiro atoms. The van der Waals surface area contributed by atoms with Crippen molar-refractivity contribution in [3.05, 3.63) is 65.2 Å². The fourth-order valence-electron chi connectivity index (χ4n) is 3.31. The maximum atomic E-state index is 12.5. The van der Waals surface area contributed by atoms with Gasteiger partial charge in [0.15, 0.2) is 0 Å². The monoisotopic (exact) mass is 414 g/mol. The molecule has 0 bridgehead atoms. The molecule has 1 fully saturated rings. The lowest BCUT2D eigenvalue weighted by molar-refractivity contribution is -0.124. The Balaban J connectivity index is 1.39. The van der Waals surface area contributed by atoms with Gasteiger partial charge in [-0.2, -0.15) is 0 Å². The predicted molar refractivity (Wildman–Crippen MR) is 116 cm³/mol. The van der Waals surface area contributed by atoms with Gasteiger partial charge in [-0.25, -0.2) is 0 Å². The summed E-state index contributed by atoms with van der Waals surface area (Å²) in [5.41, 5.74) is 1.83. The molecule has 0 radical (unpaired) electrons. The molecule has 29 heavy (non-hydrogen) atoms. The summed E-state index contributed by atoms with van der Waals surface area (Å²) in [6.07, 6.45) is 0. The van der Waals surface area contributed by atoms with Crippen molar-refractivity contribution < 1.29 is 9.59 Å². The van der Waals surface area contributed by atoms with Crippen molar-refractivity contribution >= 4 is 29.1 Å². The fourth-order valence-corrected chi connectivity index (χ4v) is 3.44. The zero-order chi connectivity index (χ0) is 20.6. The van der Waals surface area contributed by atoms with E-state index in [4.69, 9.17) is 11.6 Å². The van der Waals surface area contributed by atoms with Gasteiger partial charge in [0.05, 0.1) is 12.6 Å². The van der Waals surface area contributed by atoms with E-state index in [-0.39, 0.29) is 17.9 Å². The van der Waals surface area contributed by atoms with Crippen LogP contribution in [0.1, 0.15) is 12.5 Å². The summed E-state index contributed by atoms with van der Waals surface area (Å²) < 4.78 is 0. The number of amides is 2. The minimum Gasteiger partial charge on any atom is -0.351 e. The SMILES string of the molecule is C[C@H](C(=O)Nc1ccc(Cl)cc1)N1CCN(CC(=O)NCc2ccccc2)CC1. The predicted octanol–water partition coefficient (Wildman–Crippen LogP) is 2.60. The van der Waals surface area contributed by atoms with Crippen LogP contribution in [0.5, 0.6) is 0 Å². The molecule has 2 aromatic rings. The highest BCUT2D eigenvalue weighted by Gasteiger charge is 2.26. The number of hydrogen-bond acceptors (Lipinski definition) is 4. The molecular weight excluding hydrogens is 388 g/mol. The first-order valence-corrected chi connectivity index (χ1v) is 10.2. The average Bonchev–Trinajstić information content (AvgIpc) is 2.74. The van der Waals surface area contributed by atoms with Crippen molar-refractivity contribution in [3.63, 3.8) is 0 Å². The largest absolute Gasteiger partial charge is 0.351 e. The molecule has 0 saturated carbocycles. The van der Waals surface area contributed by atoms with Gasteiger partial charge in [0.2, 0.25) is 11.8 Å². The van der Waals surface area contributed by atoms with Gasteiger partial charge < -0.3 is 10.6 Å². The highest BCUT2D eigenvalue weighted by molar-refractivity contribution is 6.30. The van der Waals surface area contributed by atoms with Gasteiger partial charge in [-0.05, 0) is 36.8 Å². The van der Waals surface area contributed by atoms with Crippen molar-refractivity contribution in [3.8, 4) is 0 Å². The Hall–Kier alpha value is -2.41. The second-order valence-electron chi connectivity index (χ2n) is 7.25. The molecule has 6 nitrogen and oxygen atoms in total. The third kappa shape index (κ3) is 6.56. The fraction of sp³-hybridized carbons (Fsp3) is 0.364. The zero-order valence-electron chi connectivity index (χ0n) is 16.6. The topological polar surface area (TPSA) is 64.7 Å². The molecular formula is C22H27ClN4O2. The number of piperazine rings is 1. The summed E-state index contributed by atoms with van der Waals surface area (Å²) in [7, 11) is 0. The Labute approximate surface area is 176 Å². The Bertz CT molecular complexity index is 805. The van der Waals surface area contributed by atoms with Gasteiger partial charge in [-0.15, -0.1) is 0 Å². The van der Waals surface area contributed by atoms with Crippen molar-refractivity contribution in [1.82, 2.24) is 15.1 Å². The first kappa shape index (κ1) is 21.3. The van der Waals surface area contributed by atoms with Crippen LogP contribution in [0.3, 0.4) is 0 Å². The maximum Gasteiger partial charge on any atom is 0.241 e. The molecule has 2 amide bonds. The zero-order valence-corrected chi connectivity index (χ0v) is 17.4. The van der Waals surface area contributed by atoms with Crippen LogP contribution in [0.4, 0.5) is 5.69 Å². The van der Waals surface area contributed by atoms with Crippen molar-refractivity contribution in [2.24, 2.45) is 0 Å². The van der Waals surface area contributed by atoms with E-state index in [0.29, 0.717) is 18.1 Å². The molecule has 3 rings (SSSR count). The third-order valence-corrected chi connectivity index (χ3v) is 5.40. The normalized spacial score (nSPS) is 16.2. The number of carbonyl (C=O) groups is 2. The van der Waals surface area contributed by atoms with Crippen LogP contribution in [0, 0.1) is 0 Å². The molecule has 1 aliphatic rings. The molecule has 1 aliphatic heterocycles. The van der Waals surface area contributed by atoms with Gasteiger partial charge in [-0.1, -0.05) is 41.9 Å². The van der Waals surface area contributed by atoms with E-state index in [1.165, 1.54) is 0 Å². The van der Waals surface area contributed by atoms with Crippen molar-refractivity contribution in [2.75, 3.05) is 38.0 Å². The lowest BCUT2D eigenvalue weighted by atomic mass is 10.2. The lowest BCUT2D eigenvalue weighted by Gasteiger charge is -2.37. The number of halogens is 1. The standard InChI is InChI=1S/C22H27ClN4O2/c1-17(22(29)25-20-9-7-19(23)8-10-20)27-13-11-26(12-14-27)16-21(28)24-15-18-5-3-2-4-6-18/h2-10,17H,11-16H2,1H3,(H,24,28)(H,25,29)/t17-/m1/s1. The van der Waals surface area contributed by atoms with E-state index in [1.54, 1.807) is 24.3 Å². The lowest BCUT2D eigenvalue weighted by Crippen LogP contribution is -2.54. The second kappa shape index (κ2) is 10.4. The Morgan fingerprint density at radius 2 is 1.66 bits per heavy atom. The summed E-state index contributed by atoms with van der Waals surface area (Å²) in [5, 5.41) is 6.53. The average molecular weight is 415 g/mol. The first-order valence-electron chi connectivity index (χ1n) is 9.85. The maximum absolute atomic E-state index is 12.5. The van der Waals surface area contributed by atoms with Crippen LogP contribution in [0.25, 0.3) is 0 Å². The van der Waals surface area contributed by atoms with Crippen LogP contribution in [0.15, 0.2) is 54.6 Å². The van der Waals surface area contributed by atoms with Gasteiger partial charge in [0.1, 0.15) is 0 Å². The van der Waals surface area contributed by atoms with Crippen LogP contribution in [-0.2, 0) is 16.1 Å². The van der Waals surface area contributed by atoms with Crippen LogP contribution >= 0.6 is 11.6 Å². The summed E-state index contributed by atoms with van der Waals surface area (Å²) in [4.78, 5) is 29.0. The van der Waals surface area contributed by atoms with Gasteiger partial charge in [-0.3, -0.25) is 19.4 Å². The van der Waals surface area contributed by atoms with Crippen LogP contribution in [-0.4, -0.2) is 60.4 Å². The molecule has 2 aromatic carbocycles. The highest BCUT2D eigenvalue weighted by atomic mass is 35.5. The van der Waals surface area contributed by atoms with Gasteiger partial charge in [0.25, 0.3) is 0 Å². The summed E-state index contributed by atoms with van der Waals surface area (Å²) in [6.45, 7) is 5.86.